The molecule has 102 valence electrons. The number of hydrogen-bond donors (Lipinski definition) is 1. The Hall–Kier alpha value is -1.45. The SMILES string of the molecule is CCCC(C)COc1ccc(N)c(OC(C)C)n1. The summed E-state index contributed by atoms with van der Waals surface area (Å²) >= 11 is 0. The average Bonchev–Trinajstić information content (AvgIpc) is 2.30. The zero-order chi connectivity index (χ0) is 13.5. The first-order valence-electron chi connectivity index (χ1n) is 6.58. The van der Waals surface area contributed by atoms with Crippen LogP contribution in [-0.4, -0.2) is 17.7 Å². The van der Waals surface area contributed by atoms with Crippen LogP contribution < -0.4 is 15.2 Å². The number of nitrogen functional groups attached to an aromatic ring is 1. The van der Waals surface area contributed by atoms with Crippen LogP contribution in [0, 0.1) is 5.92 Å². The Morgan fingerprint density at radius 3 is 2.61 bits per heavy atom. The monoisotopic (exact) mass is 252 g/mol. The highest BCUT2D eigenvalue weighted by atomic mass is 16.5. The van der Waals surface area contributed by atoms with Crippen molar-refractivity contribution in [3.63, 3.8) is 0 Å². The van der Waals surface area contributed by atoms with Gasteiger partial charge in [-0.3, -0.25) is 0 Å². The molecule has 0 aliphatic heterocycles. The molecule has 4 heteroatoms. The fourth-order valence-corrected chi connectivity index (χ4v) is 1.64. The maximum Gasteiger partial charge on any atom is 0.240 e. The summed E-state index contributed by atoms with van der Waals surface area (Å²) in [5.74, 6) is 1.55. The summed E-state index contributed by atoms with van der Waals surface area (Å²) in [4.78, 5) is 4.28. The standard InChI is InChI=1S/C14H24N2O2/c1-5-6-11(4)9-17-13-8-7-12(15)14(16-13)18-10(2)3/h7-8,10-11H,5-6,9,15H2,1-4H3. The molecule has 0 saturated carbocycles. The van der Waals surface area contributed by atoms with Gasteiger partial charge in [0.2, 0.25) is 11.8 Å². The van der Waals surface area contributed by atoms with Crippen LogP contribution in [0.3, 0.4) is 0 Å². The molecule has 0 spiro atoms. The molecular formula is C14H24N2O2. The van der Waals surface area contributed by atoms with Gasteiger partial charge in [-0.05, 0) is 32.3 Å². The van der Waals surface area contributed by atoms with Gasteiger partial charge in [0, 0.05) is 6.07 Å². The Kier molecular flexibility index (Phi) is 5.75. The van der Waals surface area contributed by atoms with Gasteiger partial charge in [0.1, 0.15) is 0 Å². The quantitative estimate of drug-likeness (QED) is 0.809. The van der Waals surface area contributed by atoms with Crippen LogP contribution in [-0.2, 0) is 0 Å². The van der Waals surface area contributed by atoms with Gasteiger partial charge in [-0.2, -0.15) is 4.98 Å². The minimum Gasteiger partial charge on any atom is -0.477 e. The van der Waals surface area contributed by atoms with Crippen molar-refractivity contribution < 1.29 is 9.47 Å². The third-order valence-corrected chi connectivity index (χ3v) is 2.51. The molecule has 0 saturated heterocycles. The Morgan fingerprint density at radius 1 is 1.28 bits per heavy atom. The van der Waals surface area contributed by atoms with E-state index in [2.05, 4.69) is 18.8 Å². The van der Waals surface area contributed by atoms with Gasteiger partial charge in [0.05, 0.1) is 18.4 Å². The zero-order valence-electron chi connectivity index (χ0n) is 11.8. The van der Waals surface area contributed by atoms with E-state index in [4.69, 9.17) is 15.2 Å². The van der Waals surface area contributed by atoms with Crippen molar-refractivity contribution in [2.24, 2.45) is 5.92 Å². The highest BCUT2D eigenvalue weighted by Crippen LogP contribution is 2.23. The van der Waals surface area contributed by atoms with E-state index < -0.39 is 0 Å². The largest absolute Gasteiger partial charge is 0.477 e. The second-order valence-corrected chi connectivity index (χ2v) is 4.92. The van der Waals surface area contributed by atoms with Crippen LogP contribution in [0.2, 0.25) is 0 Å². The van der Waals surface area contributed by atoms with Crippen LogP contribution in [0.1, 0.15) is 40.5 Å². The Balaban J connectivity index is 2.61. The van der Waals surface area contributed by atoms with Crippen molar-refractivity contribution in [3.8, 4) is 11.8 Å². The van der Waals surface area contributed by atoms with E-state index in [9.17, 15) is 0 Å². The maximum absolute atomic E-state index is 5.80. The van der Waals surface area contributed by atoms with Crippen molar-refractivity contribution in [1.82, 2.24) is 4.98 Å². The van der Waals surface area contributed by atoms with Gasteiger partial charge in [-0.15, -0.1) is 0 Å². The van der Waals surface area contributed by atoms with Gasteiger partial charge in [0.15, 0.2) is 0 Å². The second kappa shape index (κ2) is 7.09. The summed E-state index contributed by atoms with van der Waals surface area (Å²) in [6.07, 6.45) is 2.38. The third kappa shape index (κ3) is 4.82. The van der Waals surface area contributed by atoms with Crippen molar-refractivity contribution in [3.05, 3.63) is 12.1 Å². The van der Waals surface area contributed by atoms with Gasteiger partial charge in [-0.1, -0.05) is 20.3 Å². The molecule has 18 heavy (non-hydrogen) atoms. The number of anilines is 1. The number of aromatic nitrogens is 1. The number of hydrogen-bond acceptors (Lipinski definition) is 4. The number of pyridine rings is 1. The fraction of sp³-hybridized carbons (Fsp3) is 0.643. The Morgan fingerprint density at radius 2 is 2.00 bits per heavy atom. The molecule has 4 nitrogen and oxygen atoms in total. The first-order chi connectivity index (χ1) is 8.52. The fourth-order valence-electron chi connectivity index (χ4n) is 1.64. The molecule has 1 aromatic heterocycles. The predicted octanol–water partition coefficient (Wildman–Crippen LogP) is 3.27. The molecule has 0 aliphatic rings. The third-order valence-electron chi connectivity index (χ3n) is 2.51. The topological polar surface area (TPSA) is 57.4 Å². The van der Waals surface area contributed by atoms with E-state index in [0.29, 0.717) is 30.0 Å². The lowest BCUT2D eigenvalue weighted by atomic mass is 10.1. The average molecular weight is 252 g/mol. The summed E-state index contributed by atoms with van der Waals surface area (Å²) in [6, 6.07) is 3.55. The number of nitrogens with zero attached hydrogens (tertiary/aromatic N) is 1. The molecule has 0 bridgehead atoms. The van der Waals surface area contributed by atoms with E-state index in [1.165, 1.54) is 6.42 Å². The van der Waals surface area contributed by atoms with Crippen molar-refractivity contribution in [2.75, 3.05) is 12.3 Å². The summed E-state index contributed by atoms with van der Waals surface area (Å²) in [7, 11) is 0. The van der Waals surface area contributed by atoms with Crippen LogP contribution in [0.25, 0.3) is 0 Å². The first kappa shape index (κ1) is 14.6. The van der Waals surface area contributed by atoms with Crippen LogP contribution in [0.15, 0.2) is 12.1 Å². The zero-order valence-corrected chi connectivity index (χ0v) is 11.8. The Bertz CT molecular complexity index is 367. The molecule has 1 heterocycles. The Labute approximate surface area is 110 Å². The second-order valence-electron chi connectivity index (χ2n) is 4.92. The van der Waals surface area contributed by atoms with Crippen LogP contribution in [0.5, 0.6) is 11.8 Å². The van der Waals surface area contributed by atoms with Crippen molar-refractivity contribution in [2.45, 2.75) is 46.6 Å². The molecule has 1 rings (SSSR count). The lowest BCUT2D eigenvalue weighted by molar-refractivity contribution is 0.218. The molecule has 0 radical (unpaired) electrons. The number of nitrogens with two attached hydrogens (primary N) is 1. The summed E-state index contributed by atoms with van der Waals surface area (Å²) in [6.45, 7) is 8.90. The molecular weight excluding hydrogens is 228 g/mol. The molecule has 1 unspecified atom stereocenters. The van der Waals surface area contributed by atoms with Crippen LogP contribution in [0.4, 0.5) is 5.69 Å². The molecule has 0 fully saturated rings. The van der Waals surface area contributed by atoms with Gasteiger partial charge in [-0.25, -0.2) is 0 Å². The smallest absolute Gasteiger partial charge is 0.240 e. The van der Waals surface area contributed by atoms with E-state index in [-0.39, 0.29) is 6.10 Å². The molecule has 1 aromatic rings. The summed E-state index contributed by atoms with van der Waals surface area (Å²) in [5, 5.41) is 0. The molecule has 0 aliphatic carbocycles. The number of ether oxygens (including phenoxy) is 2. The van der Waals surface area contributed by atoms with Gasteiger partial charge < -0.3 is 15.2 Å². The summed E-state index contributed by atoms with van der Waals surface area (Å²) in [5.41, 5.74) is 6.34. The molecule has 1 atom stereocenters. The summed E-state index contributed by atoms with van der Waals surface area (Å²) < 4.78 is 11.2. The van der Waals surface area contributed by atoms with Crippen LogP contribution >= 0.6 is 0 Å². The van der Waals surface area contributed by atoms with E-state index in [1.807, 2.05) is 13.8 Å². The van der Waals surface area contributed by atoms with Gasteiger partial charge in [0.25, 0.3) is 0 Å². The highest BCUT2D eigenvalue weighted by molar-refractivity contribution is 5.49. The van der Waals surface area contributed by atoms with E-state index in [1.54, 1.807) is 12.1 Å². The molecule has 0 aromatic carbocycles. The van der Waals surface area contributed by atoms with Crippen molar-refractivity contribution >= 4 is 5.69 Å². The normalized spacial score (nSPS) is 12.5. The van der Waals surface area contributed by atoms with Gasteiger partial charge >= 0.3 is 0 Å². The maximum atomic E-state index is 5.80. The van der Waals surface area contributed by atoms with E-state index >= 15 is 0 Å². The minimum atomic E-state index is 0.0501. The highest BCUT2D eigenvalue weighted by Gasteiger charge is 2.08. The minimum absolute atomic E-state index is 0.0501. The molecule has 0 amide bonds. The lowest BCUT2D eigenvalue weighted by Gasteiger charge is -2.14. The van der Waals surface area contributed by atoms with E-state index in [0.717, 1.165) is 6.42 Å². The lowest BCUT2D eigenvalue weighted by Crippen LogP contribution is -2.12. The van der Waals surface area contributed by atoms with Crippen molar-refractivity contribution in [1.29, 1.82) is 0 Å². The first-order valence-corrected chi connectivity index (χ1v) is 6.58. The predicted molar refractivity (Wildman–Crippen MR) is 74.0 cm³/mol. The molecule has 2 N–H and O–H groups in total. The number of rotatable bonds is 7.